The van der Waals surface area contributed by atoms with E-state index in [1.165, 1.54) is 0 Å². The summed E-state index contributed by atoms with van der Waals surface area (Å²) in [6.07, 6.45) is 0. The Hall–Kier alpha value is -2.23. The second-order valence-corrected chi connectivity index (χ2v) is 3.88. The molecule has 0 aliphatic carbocycles. The van der Waals surface area contributed by atoms with Crippen LogP contribution in [0.2, 0.25) is 0 Å². The Bertz CT molecular complexity index is 567. The van der Waals surface area contributed by atoms with Crippen molar-refractivity contribution < 1.29 is 9.53 Å². The summed E-state index contributed by atoms with van der Waals surface area (Å²) in [5.41, 5.74) is 0.793. The topological polar surface area (TPSA) is 50.4 Å². The van der Waals surface area contributed by atoms with Gasteiger partial charge in [0.15, 0.2) is 0 Å². The number of anilines is 1. The van der Waals surface area contributed by atoms with E-state index in [0.29, 0.717) is 6.54 Å². The molecule has 2 rings (SSSR count). The fourth-order valence-electron chi connectivity index (χ4n) is 1.82. The molecule has 0 aliphatic rings. The highest BCUT2D eigenvalue weighted by atomic mass is 16.5. The zero-order chi connectivity index (χ0) is 13.0. The van der Waals surface area contributed by atoms with Crippen LogP contribution in [0.4, 0.5) is 10.5 Å². The molecule has 18 heavy (non-hydrogen) atoms. The van der Waals surface area contributed by atoms with Crippen molar-refractivity contribution in [2.45, 2.75) is 6.92 Å². The molecule has 4 nitrogen and oxygen atoms in total. The van der Waals surface area contributed by atoms with Crippen molar-refractivity contribution in [1.29, 1.82) is 0 Å². The van der Waals surface area contributed by atoms with Crippen molar-refractivity contribution in [1.82, 2.24) is 5.32 Å². The SMILES string of the molecule is CCNC(=O)Nc1cccc2cc(OC)ccc12. The van der Waals surface area contributed by atoms with Crippen LogP contribution in [-0.2, 0) is 0 Å². The number of ether oxygens (including phenoxy) is 1. The summed E-state index contributed by atoms with van der Waals surface area (Å²) in [4.78, 5) is 11.5. The van der Waals surface area contributed by atoms with Gasteiger partial charge in [0.1, 0.15) is 5.75 Å². The smallest absolute Gasteiger partial charge is 0.319 e. The number of methoxy groups -OCH3 is 1. The summed E-state index contributed by atoms with van der Waals surface area (Å²) >= 11 is 0. The van der Waals surface area contributed by atoms with Crippen LogP contribution in [0.1, 0.15) is 6.92 Å². The quantitative estimate of drug-likeness (QED) is 0.872. The molecule has 0 fully saturated rings. The molecule has 94 valence electrons. The van der Waals surface area contributed by atoms with Gasteiger partial charge in [-0.25, -0.2) is 4.79 Å². The fraction of sp³-hybridized carbons (Fsp3) is 0.214. The van der Waals surface area contributed by atoms with Gasteiger partial charge in [0.05, 0.1) is 12.8 Å². The fourth-order valence-corrected chi connectivity index (χ4v) is 1.82. The molecule has 0 heterocycles. The average Bonchev–Trinajstić information content (AvgIpc) is 2.38. The van der Waals surface area contributed by atoms with E-state index >= 15 is 0 Å². The van der Waals surface area contributed by atoms with Crippen LogP contribution >= 0.6 is 0 Å². The summed E-state index contributed by atoms with van der Waals surface area (Å²) in [6.45, 7) is 2.48. The minimum Gasteiger partial charge on any atom is -0.497 e. The van der Waals surface area contributed by atoms with Gasteiger partial charge >= 0.3 is 6.03 Å². The lowest BCUT2D eigenvalue weighted by Gasteiger charge is -2.10. The maximum absolute atomic E-state index is 11.5. The standard InChI is InChI=1S/C14H16N2O2/c1-3-15-14(17)16-13-6-4-5-10-9-11(18-2)7-8-12(10)13/h4-9H,3H2,1-2H3,(H2,15,16,17). The summed E-state index contributed by atoms with van der Waals surface area (Å²) in [6, 6.07) is 11.3. The number of rotatable bonds is 3. The van der Waals surface area contributed by atoms with Crippen molar-refractivity contribution in [2.75, 3.05) is 19.0 Å². The predicted molar refractivity (Wildman–Crippen MR) is 73.2 cm³/mol. The number of hydrogen-bond donors (Lipinski definition) is 2. The predicted octanol–water partition coefficient (Wildman–Crippen LogP) is 2.99. The van der Waals surface area contributed by atoms with Gasteiger partial charge in [-0.1, -0.05) is 12.1 Å². The lowest BCUT2D eigenvalue weighted by atomic mass is 10.1. The van der Waals surface area contributed by atoms with Gasteiger partial charge in [0, 0.05) is 11.9 Å². The first-order chi connectivity index (χ1) is 8.74. The number of fused-ring (bicyclic) bond motifs is 1. The third-order valence-electron chi connectivity index (χ3n) is 2.67. The minimum atomic E-state index is -0.194. The van der Waals surface area contributed by atoms with Crippen LogP contribution < -0.4 is 15.4 Å². The van der Waals surface area contributed by atoms with Crippen LogP contribution in [0.25, 0.3) is 10.8 Å². The molecule has 0 atom stereocenters. The first kappa shape index (κ1) is 12.2. The van der Waals surface area contributed by atoms with Gasteiger partial charge in [-0.15, -0.1) is 0 Å². The van der Waals surface area contributed by atoms with Gasteiger partial charge in [-0.05, 0) is 36.6 Å². The molecule has 0 aliphatic heterocycles. The Morgan fingerprint density at radius 1 is 1.28 bits per heavy atom. The third kappa shape index (κ3) is 2.53. The molecule has 0 aromatic heterocycles. The van der Waals surface area contributed by atoms with Crippen LogP contribution in [-0.4, -0.2) is 19.7 Å². The van der Waals surface area contributed by atoms with Crippen molar-refractivity contribution >= 4 is 22.5 Å². The molecule has 2 amide bonds. The Kier molecular flexibility index (Phi) is 3.67. The summed E-state index contributed by atoms with van der Waals surface area (Å²) in [5, 5.41) is 7.56. The van der Waals surface area contributed by atoms with E-state index < -0.39 is 0 Å². The molecule has 0 bridgehead atoms. The molecule has 0 spiro atoms. The largest absolute Gasteiger partial charge is 0.497 e. The van der Waals surface area contributed by atoms with Crippen LogP contribution in [0.15, 0.2) is 36.4 Å². The molecule has 0 radical (unpaired) electrons. The van der Waals surface area contributed by atoms with Crippen LogP contribution in [0.5, 0.6) is 5.75 Å². The van der Waals surface area contributed by atoms with E-state index in [1.807, 2.05) is 43.3 Å². The Morgan fingerprint density at radius 2 is 2.11 bits per heavy atom. The Morgan fingerprint density at radius 3 is 2.83 bits per heavy atom. The summed E-state index contributed by atoms with van der Waals surface area (Å²) in [5.74, 6) is 0.803. The highest BCUT2D eigenvalue weighted by Gasteiger charge is 2.05. The lowest BCUT2D eigenvalue weighted by Crippen LogP contribution is -2.28. The second-order valence-electron chi connectivity index (χ2n) is 3.88. The maximum Gasteiger partial charge on any atom is 0.319 e. The van der Waals surface area contributed by atoms with E-state index in [1.54, 1.807) is 7.11 Å². The molecule has 2 aromatic rings. The second kappa shape index (κ2) is 5.40. The number of nitrogens with one attached hydrogen (secondary N) is 2. The molecule has 0 unspecified atom stereocenters. The number of urea groups is 1. The van der Waals surface area contributed by atoms with E-state index in [-0.39, 0.29) is 6.03 Å². The van der Waals surface area contributed by atoms with Gasteiger partial charge in [0.25, 0.3) is 0 Å². The van der Waals surface area contributed by atoms with Crippen molar-refractivity contribution in [3.8, 4) is 5.75 Å². The molecule has 4 heteroatoms. The zero-order valence-corrected chi connectivity index (χ0v) is 10.5. The van der Waals surface area contributed by atoms with Gasteiger partial charge in [-0.3, -0.25) is 0 Å². The number of hydrogen-bond acceptors (Lipinski definition) is 2. The van der Waals surface area contributed by atoms with Crippen molar-refractivity contribution in [2.24, 2.45) is 0 Å². The molecular weight excluding hydrogens is 228 g/mol. The first-order valence-corrected chi connectivity index (χ1v) is 5.86. The van der Waals surface area contributed by atoms with Gasteiger partial charge in [-0.2, -0.15) is 0 Å². The van der Waals surface area contributed by atoms with E-state index in [9.17, 15) is 4.79 Å². The number of carbonyl (C=O) groups is 1. The lowest BCUT2D eigenvalue weighted by molar-refractivity contribution is 0.252. The van der Waals surface area contributed by atoms with E-state index in [0.717, 1.165) is 22.2 Å². The summed E-state index contributed by atoms with van der Waals surface area (Å²) < 4.78 is 5.18. The maximum atomic E-state index is 11.5. The Balaban J connectivity index is 2.36. The van der Waals surface area contributed by atoms with E-state index in [4.69, 9.17) is 4.74 Å². The molecule has 0 saturated heterocycles. The van der Waals surface area contributed by atoms with Gasteiger partial charge in [0.2, 0.25) is 0 Å². The van der Waals surface area contributed by atoms with E-state index in [2.05, 4.69) is 10.6 Å². The molecular formula is C14H16N2O2. The molecule has 2 N–H and O–H groups in total. The monoisotopic (exact) mass is 244 g/mol. The number of carbonyl (C=O) groups excluding carboxylic acids is 1. The normalized spacial score (nSPS) is 10.1. The van der Waals surface area contributed by atoms with Gasteiger partial charge < -0.3 is 15.4 Å². The highest BCUT2D eigenvalue weighted by Crippen LogP contribution is 2.26. The highest BCUT2D eigenvalue weighted by molar-refractivity contribution is 6.01. The minimum absolute atomic E-state index is 0.194. The first-order valence-electron chi connectivity index (χ1n) is 5.86. The van der Waals surface area contributed by atoms with Crippen LogP contribution in [0.3, 0.4) is 0 Å². The average molecular weight is 244 g/mol. The van der Waals surface area contributed by atoms with Crippen LogP contribution in [0, 0.1) is 0 Å². The van der Waals surface area contributed by atoms with Crippen molar-refractivity contribution in [3.63, 3.8) is 0 Å². The third-order valence-corrected chi connectivity index (χ3v) is 2.67. The Labute approximate surface area is 106 Å². The summed E-state index contributed by atoms with van der Waals surface area (Å²) in [7, 11) is 1.64. The zero-order valence-electron chi connectivity index (χ0n) is 10.5. The molecule has 2 aromatic carbocycles. The molecule has 0 saturated carbocycles. The number of benzene rings is 2. The van der Waals surface area contributed by atoms with Crippen molar-refractivity contribution in [3.05, 3.63) is 36.4 Å². The number of amides is 2.